The second-order valence-corrected chi connectivity index (χ2v) is 9.07. The Kier molecular flexibility index (Phi) is 6.78. The second kappa shape index (κ2) is 9.78. The van der Waals surface area contributed by atoms with Crippen LogP contribution in [0.2, 0.25) is 0 Å². The first-order valence-corrected chi connectivity index (χ1v) is 11.6. The summed E-state index contributed by atoms with van der Waals surface area (Å²) in [5, 5.41) is 12.8. The molecule has 1 heterocycles. The number of hydrogen-bond donors (Lipinski definition) is 2. The summed E-state index contributed by atoms with van der Waals surface area (Å²) in [6, 6.07) is 17.2. The fourth-order valence-electron chi connectivity index (χ4n) is 4.57. The number of aromatic hydroxyl groups is 1. The van der Waals surface area contributed by atoms with Crippen LogP contribution >= 0.6 is 0 Å². The molecule has 2 aromatic carbocycles. The zero-order chi connectivity index (χ0) is 25.2. The van der Waals surface area contributed by atoms with Crippen LogP contribution < -0.4 is 10.1 Å². The molecule has 0 aliphatic heterocycles. The number of carbonyl (C=O) groups excluding carboxylic acids is 2. The molecule has 7 nitrogen and oxygen atoms in total. The first-order valence-electron chi connectivity index (χ1n) is 11.6. The van der Waals surface area contributed by atoms with E-state index < -0.39 is 23.3 Å². The van der Waals surface area contributed by atoms with Gasteiger partial charge in [-0.05, 0) is 44.7 Å². The van der Waals surface area contributed by atoms with E-state index in [1.165, 1.54) is 19.4 Å². The van der Waals surface area contributed by atoms with Crippen molar-refractivity contribution in [2.45, 2.75) is 51.2 Å². The minimum absolute atomic E-state index is 0.121. The third-order valence-electron chi connectivity index (χ3n) is 6.77. The highest BCUT2D eigenvalue weighted by Gasteiger charge is 2.52. The van der Waals surface area contributed by atoms with E-state index >= 15 is 0 Å². The Labute approximate surface area is 205 Å². The second-order valence-electron chi connectivity index (χ2n) is 9.07. The minimum atomic E-state index is -0.941. The average Bonchev–Trinajstić information content (AvgIpc) is 2.84. The standard InChI is InChI=1S/C28H30N2O5/c1-17-5-9-20(10-6-17)28(21-11-7-18(2)8-12-21)15-13-23(28)35-27(33)19(3)30-26(32)24-25(31)22(34-4)14-16-29-24/h5-12,14,16,19,23,31H,13,15H2,1-4H3,(H,30,32). The van der Waals surface area contributed by atoms with Crippen LogP contribution in [0, 0.1) is 13.8 Å². The van der Waals surface area contributed by atoms with Gasteiger partial charge in [0, 0.05) is 12.3 Å². The number of aryl methyl sites for hydroxylation is 2. The molecule has 1 amide bonds. The highest BCUT2D eigenvalue weighted by Crippen LogP contribution is 2.51. The fourth-order valence-corrected chi connectivity index (χ4v) is 4.57. The van der Waals surface area contributed by atoms with Gasteiger partial charge in [0.05, 0.1) is 12.5 Å². The number of carbonyl (C=O) groups is 2. The van der Waals surface area contributed by atoms with Gasteiger partial charge in [-0.3, -0.25) is 4.79 Å². The van der Waals surface area contributed by atoms with Gasteiger partial charge in [0.2, 0.25) is 0 Å². The van der Waals surface area contributed by atoms with Gasteiger partial charge in [-0.25, -0.2) is 9.78 Å². The molecule has 0 spiro atoms. The van der Waals surface area contributed by atoms with E-state index in [1.807, 2.05) is 13.8 Å². The maximum absolute atomic E-state index is 13.0. The van der Waals surface area contributed by atoms with Crippen LogP contribution in [0.4, 0.5) is 0 Å². The predicted octanol–water partition coefficient (Wildman–Crippen LogP) is 4.22. The molecule has 1 fully saturated rings. The smallest absolute Gasteiger partial charge is 0.328 e. The van der Waals surface area contributed by atoms with E-state index in [9.17, 15) is 14.7 Å². The molecule has 7 heteroatoms. The number of benzene rings is 2. The quantitative estimate of drug-likeness (QED) is 0.498. The Morgan fingerprint density at radius 3 is 2.09 bits per heavy atom. The zero-order valence-corrected chi connectivity index (χ0v) is 20.4. The van der Waals surface area contributed by atoms with Gasteiger partial charge < -0.3 is 19.9 Å². The number of amides is 1. The van der Waals surface area contributed by atoms with Crippen molar-refractivity contribution in [1.29, 1.82) is 0 Å². The number of aromatic nitrogens is 1. The highest BCUT2D eigenvalue weighted by atomic mass is 16.5. The first-order chi connectivity index (χ1) is 16.8. The topological polar surface area (TPSA) is 97.8 Å². The van der Waals surface area contributed by atoms with Crippen molar-refractivity contribution in [3.8, 4) is 11.5 Å². The fraction of sp³-hybridized carbons (Fsp3) is 0.321. The van der Waals surface area contributed by atoms with Crippen molar-refractivity contribution in [1.82, 2.24) is 10.3 Å². The lowest BCUT2D eigenvalue weighted by atomic mass is 9.58. The Bertz CT molecular complexity index is 1180. The third kappa shape index (κ3) is 4.58. The van der Waals surface area contributed by atoms with E-state index in [4.69, 9.17) is 9.47 Å². The molecule has 2 atom stereocenters. The third-order valence-corrected chi connectivity index (χ3v) is 6.77. The van der Waals surface area contributed by atoms with Crippen LogP contribution in [0.5, 0.6) is 11.5 Å². The number of pyridine rings is 1. The van der Waals surface area contributed by atoms with Gasteiger partial charge >= 0.3 is 5.97 Å². The largest absolute Gasteiger partial charge is 0.503 e. The van der Waals surface area contributed by atoms with Crippen LogP contribution in [0.15, 0.2) is 60.8 Å². The average molecular weight is 475 g/mol. The number of ether oxygens (including phenoxy) is 2. The van der Waals surface area contributed by atoms with Gasteiger partial charge in [-0.2, -0.15) is 0 Å². The minimum Gasteiger partial charge on any atom is -0.503 e. The van der Waals surface area contributed by atoms with Crippen molar-refractivity contribution in [3.05, 3.63) is 88.7 Å². The summed E-state index contributed by atoms with van der Waals surface area (Å²) in [5.41, 5.74) is 3.84. The number of nitrogens with one attached hydrogen (secondary N) is 1. The molecule has 4 rings (SSSR count). The van der Waals surface area contributed by atoms with Crippen molar-refractivity contribution in [2.75, 3.05) is 7.11 Å². The lowest BCUT2D eigenvalue weighted by Crippen LogP contribution is -2.53. The van der Waals surface area contributed by atoms with Crippen LogP contribution in [-0.4, -0.2) is 41.2 Å². The SMILES string of the molecule is COc1ccnc(C(=O)NC(C)C(=O)OC2CCC2(c2ccc(C)cc2)c2ccc(C)cc2)c1O. The van der Waals surface area contributed by atoms with Gasteiger partial charge in [0.1, 0.15) is 12.1 Å². The molecule has 35 heavy (non-hydrogen) atoms. The van der Waals surface area contributed by atoms with Crippen molar-refractivity contribution < 1.29 is 24.2 Å². The number of rotatable bonds is 7. The molecule has 2 unspecified atom stereocenters. The summed E-state index contributed by atoms with van der Waals surface area (Å²) in [5.74, 6) is -1.50. The molecule has 2 N–H and O–H groups in total. The lowest BCUT2D eigenvalue weighted by molar-refractivity contribution is -0.160. The molecule has 1 saturated carbocycles. The lowest BCUT2D eigenvalue weighted by Gasteiger charge is -2.49. The van der Waals surface area contributed by atoms with Crippen LogP contribution in [0.3, 0.4) is 0 Å². The molecular weight excluding hydrogens is 444 g/mol. The van der Waals surface area contributed by atoms with E-state index in [-0.39, 0.29) is 23.3 Å². The highest BCUT2D eigenvalue weighted by molar-refractivity contribution is 5.97. The Morgan fingerprint density at radius 2 is 1.60 bits per heavy atom. The zero-order valence-electron chi connectivity index (χ0n) is 20.4. The number of hydrogen-bond acceptors (Lipinski definition) is 6. The summed E-state index contributed by atoms with van der Waals surface area (Å²) in [7, 11) is 1.38. The normalized spacial score (nSPS) is 17.1. The van der Waals surface area contributed by atoms with E-state index in [0.29, 0.717) is 6.42 Å². The molecule has 0 saturated heterocycles. The van der Waals surface area contributed by atoms with Crippen molar-refractivity contribution in [2.24, 2.45) is 0 Å². The van der Waals surface area contributed by atoms with Gasteiger partial charge in [0.15, 0.2) is 17.2 Å². The van der Waals surface area contributed by atoms with E-state index in [0.717, 1.165) is 28.7 Å². The Morgan fingerprint density at radius 1 is 1.03 bits per heavy atom. The summed E-state index contributed by atoms with van der Waals surface area (Å²) >= 11 is 0. The molecule has 1 aliphatic carbocycles. The molecular formula is C28H30N2O5. The van der Waals surface area contributed by atoms with Gasteiger partial charge in [-0.1, -0.05) is 59.7 Å². The van der Waals surface area contributed by atoms with Gasteiger partial charge in [0.25, 0.3) is 5.91 Å². The Hall–Kier alpha value is -3.87. The molecule has 0 bridgehead atoms. The van der Waals surface area contributed by atoms with E-state index in [1.54, 1.807) is 6.92 Å². The molecule has 182 valence electrons. The molecule has 1 aromatic heterocycles. The molecule has 3 aromatic rings. The van der Waals surface area contributed by atoms with Gasteiger partial charge in [-0.15, -0.1) is 0 Å². The maximum atomic E-state index is 13.0. The number of esters is 1. The first kappa shape index (κ1) is 24.3. The summed E-state index contributed by atoms with van der Waals surface area (Å²) in [6.45, 7) is 5.63. The molecule has 0 radical (unpaired) electrons. The summed E-state index contributed by atoms with van der Waals surface area (Å²) < 4.78 is 11.0. The maximum Gasteiger partial charge on any atom is 0.328 e. The summed E-state index contributed by atoms with van der Waals surface area (Å²) in [6.07, 6.45) is 2.54. The van der Waals surface area contributed by atoms with Crippen molar-refractivity contribution in [3.63, 3.8) is 0 Å². The molecule has 1 aliphatic rings. The monoisotopic (exact) mass is 474 g/mol. The van der Waals surface area contributed by atoms with Crippen LogP contribution in [0.1, 0.15) is 52.5 Å². The number of methoxy groups -OCH3 is 1. The predicted molar refractivity (Wildman–Crippen MR) is 132 cm³/mol. The van der Waals surface area contributed by atoms with E-state index in [2.05, 4.69) is 58.8 Å². The van der Waals surface area contributed by atoms with Crippen molar-refractivity contribution >= 4 is 11.9 Å². The van der Waals surface area contributed by atoms with Crippen LogP contribution in [-0.2, 0) is 14.9 Å². The summed E-state index contributed by atoms with van der Waals surface area (Å²) in [4.78, 5) is 29.6. The Balaban J connectivity index is 1.54. The number of nitrogens with zero attached hydrogens (tertiary/aromatic N) is 1. The van der Waals surface area contributed by atoms with Crippen LogP contribution in [0.25, 0.3) is 0 Å².